The van der Waals surface area contributed by atoms with Crippen LogP contribution in [0.1, 0.15) is 12.5 Å². The summed E-state index contributed by atoms with van der Waals surface area (Å²) in [6, 6.07) is 10.2. The first kappa shape index (κ1) is 9.01. The second-order valence-corrected chi connectivity index (χ2v) is 2.77. The van der Waals surface area contributed by atoms with Gasteiger partial charge in [-0.3, -0.25) is 0 Å². The third kappa shape index (κ3) is 2.51. The number of hydrogen-bond donors (Lipinski definition) is 1. The molecule has 0 bridgehead atoms. The zero-order chi connectivity index (χ0) is 8.81. The van der Waals surface area contributed by atoms with Crippen molar-refractivity contribution in [2.75, 3.05) is 6.61 Å². The van der Waals surface area contributed by atoms with Crippen molar-refractivity contribution in [1.82, 2.24) is 0 Å². The zero-order valence-corrected chi connectivity index (χ0v) is 7.33. The van der Waals surface area contributed by atoms with E-state index in [9.17, 15) is 0 Å². The molecule has 0 aliphatic rings. The summed E-state index contributed by atoms with van der Waals surface area (Å²) in [6.45, 7) is 2.11. The monoisotopic (exact) mass is 162 g/mol. The molecule has 1 nitrogen and oxygen atoms in total. The van der Waals surface area contributed by atoms with Crippen molar-refractivity contribution in [3.63, 3.8) is 0 Å². The van der Waals surface area contributed by atoms with E-state index in [2.05, 4.69) is 12.1 Å². The molecule has 0 aliphatic carbocycles. The highest BCUT2D eigenvalue weighted by Gasteiger charge is 1.95. The Morgan fingerprint density at radius 1 is 1.33 bits per heavy atom. The van der Waals surface area contributed by atoms with Crippen molar-refractivity contribution in [3.8, 4) is 0 Å². The van der Waals surface area contributed by atoms with E-state index in [0.717, 1.165) is 12.0 Å². The molecule has 0 spiro atoms. The highest BCUT2D eigenvalue weighted by molar-refractivity contribution is 5.21. The molecule has 12 heavy (non-hydrogen) atoms. The molecule has 0 radical (unpaired) electrons. The topological polar surface area (TPSA) is 20.2 Å². The molecule has 0 amide bonds. The fourth-order valence-corrected chi connectivity index (χ4v) is 1.11. The minimum Gasteiger partial charge on any atom is -0.392 e. The Bertz CT molecular complexity index is 249. The third-order valence-corrected chi connectivity index (χ3v) is 1.89. The number of aliphatic hydroxyl groups excluding tert-OH is 1. The van der Waals surface area contributed by atoms with Gasteiger partial charge in [-0.25, -0.2) is 0 Å². The lowest BCUT2D eigenvalue weighted by molar-refractivity contribution is 0.328. The first-order chi connectivity index (χ1) is 5.86. The third-order valence-electron chi connectivity index (χ3n) is 1.89. The van der Waals surface area contributed by atoms with E-state index in [4.69, 9.17) is 5.11 Å². The number of rotatable bonds is 3. The molecule has 0 heterocycles. The van der Waals surface area contributed by atoms with Gasteiger partial charge in [0, 0.05) is 0 Å². The molecule has 0 aromatic heterocycles. The molecule has 1 N–H and O–H groups in total. The van der Waals surface area contributed by atoms with Gasteiger partial charge in [0.15, 0.2) is 0 Å². The molecule has 0 saturated heterocycles. The highest BCUT2D eigenvalue weighted by atomic mass is 16.3. The zero-order valence-electron chi connectivity index (χ0n) is 7.33. The fraction of sp³-hybridized carbons (Fsp3) is 0.273. The summed E-state index contributed by atoms with van der Waals surface area (Å²) in [6.07, 6.45) is 2.82. The van der Waals surface area contributed by atoms with Crippen LogP contribution >= 0.6 is 0 Å². The summed E-state index contributed by atoms with van der Waals surface area (Å²) in [5.74, 6) is 0. The Balaban J connectivity index is 2.64. The second kappa shape index (κ2) is 4.73. The van der Waals surface area contributed by atoms with E-state index < -0.39 is 0 Å². The highest BCUT2D eigenvalue weighted by Crippen LogP contribution is 2.06. The summed E-state index contributed by atoms with van der Waals surface area (Å²) in [7, 11) is 0. The molecule has 0 saturated carbocycles. The average molecular weight is 162 g/mol. The SMILES string of the molecule is C/C=C(\CO)Cc1ccccc1. The molecule has 64 valence electrons. The van der Waals surface area contributed by atoms with E-state index in [0.29, 0.717) is 0 Å². The summed E-state index contributed by atoms with van der Waals surface area (Å²) >= 11 is 0. The predicted octanol–water partition coefficient (Wildman–Crippen LogP) is 2.17. The molecule has 1 aromatic carbocycles. The van der Waals surface area contributed by atoms with Gasteiger partial charge >= 0.3 is 0 Å². The van der Waals surface area contributed by atoms with Crippen molar-refractivity contribution >= 4 is 0 Å². The maximum Gasteiger partial charge on any atom is 0.0644 e. The van der Waals surface area contributed by atoms with Crippen LogP contribution in [0.3, 0.4) is 0 Å². The van der Waals surface area contributed by atoms with E-state index >= 15 is 0 Å². The molecule has 1 aromatic rings. The van der Waals surface area contributed by atoms with Crippen LogP contribution in [0, 0.1) is 0 Å². The number of aliphatic hydroxyl groups is 1. The number of hydrogen-bond acceptors (Lipinski definition) is 1. The van der Waals surface area contributed by atoms with E-state index in [1.165, 1.54) is 5.56 Å². The van der Waals surface area contributed by atoms with Crippen LogP contribution in [-0.4, -0.2) is 11.7 Å². The Kier molecular flexibility index (Phi) is 3.55. The normalized spacial score (nSPS) is 11.7. The van der Waals surface area contributed by atoms with Gasteiger partial charge in [0.1, 0.15) is 0 Å². The van der Waals surface area contributed by atoms with Crippen LogP contribution in [0.5, 0.6) is 0 Å². The van der Waals surface area contributed by atoms with Gasteiger partial charge in [0.05, 0.1) is 6.61 Å². The smallest absolute Gasteiger partial charge is 0.0644 e. The maximum absolute atomic E-state index is 8.92. The first-order valence-electron chi connectivity index (χ1n) is 4.15. The Hall–Kier alpha value is -1.08. The predicted molar refractivity (Wildman–Crippen MR) is 51.0 cm³/mol. The van der Waals surface area contributed by atoms with Gasteiger partial charge in [-0.2, -0.15) is 0 Å². The van der Waals surface area contributed by atoms with Crippen LogP contribution in [0.25, 0.3) is 0 Å². The first-order valence-corrected chi connectivity index (χ1v) is 4.15. The molecule has 0 atom stereocenters. The van der Waals surface area contributed by atoms with Gasteiger partial charge in [0.2, 0.25) is 0 Å². The van der Waals surface area contributed by atoms with Crippen LogP contribution < -0.4 is 0 Å². The lowest BCUT2D eigenvalue weighted by Gasteiger charge is -2.02. The van der Waals surface area contributed by atoms with E-state index in [1.54, 1.807) is 0 Å². The Labute approximate surface area is 73.4 Å². The molecule has 0 unspecified atom stereocenters. The molecular weight excluding hydrogens is 148 g/mol. The number of benzene rings is 1. The average Bonchev–Trinajstić information content (AvgIpc) is 2.16. The quantitative estimate of drug-likeness (QED) is 0.675. The molecule has 0 aliphatic heterocycles. The van der Waals surface area contributed by atoms with Crippen LogP contribution in [0.4, 0.5) is 0 Å². The second-order valence-electron chi connectivity index (χ2n) is 2.77. The van der Waals surface area contributed by atoms with Crippen molar-refractivity contribution in [2.24, 2.45) is 0 Å². The molecular formula is C11H14O. The molecule has 1 rings (SSSR count). The largest absolute Gasteiger partial charge is 0.392 e. The van der Waals surface area contributed by atoms with Crippen molar-refractivity contribution in [1.29, 1.82) is 0 Å². The molecule has 0 fully saturated rings. The van der Waals surface area contributed by atoms with Gasteiger partial charge in [-0.05, 0) is 24.5 Å². The van der Waals surface area contributed by atoms with E-state index in [1.807, 2.05) is 31.2 Å². The van der Waals surface area contributed by atoms with Gasteiger partial charge < -0.3 is 5.11 Å². The Morgan fingerprint density at radius 2 is 2.00 bits per heavy atom. The van der Waals surface area contributed by atoms with E-state index in [-0.39, 0.29) is 6.61 Å². The summed E-state index contributed by atoms with van der Waals surface area (Å²) in [5, 5.41) is 8.92. The van der Waals surface area contributed by atoms with Gasteiger partial charge in [-0.15, -0.1) is 0 Å². The lowest BCUT2D eigenvalue weighted by Crippen LogP contribution is -1.94. The molecule has 1 heteroatoms. The van der Waals surface area contributed by atoms with Crippen molar-refractivity contribution in [2.45, 2.75) is 13.3 Å². The maximum atomic E-state index is 8.92. The van der Waals surface area contributed by atoms with Crippen molar-refractivity contribution in [3.05, 3.63) is 47.5 Å². The summed E-state index contributed by atoms with van der Waals surface area (Å²) in [4.78, 5) is 0. The van der Waals surface area contributed by atoms with Gasteiger partial charge in [-0.1, -0.05) is 36.4 Å². The van der Waals surface area contributed by atoms with Crippen molar-refractivity contribution < 1.29 is 5.11 Å². The minimum absolute atomic E-state index is 0.158. The summed E-state index contributed by atoms with van der Waals surface area (Å²) < 4.78 is 0. The minimum atomic E-state index is 0.158. The van der Waals surface area contributed by atoms with Crippen LogP contribution in [0.2, 0.25) is 0 Å². The Morgan fingerprint density at radius 3 is 2.50 bits per heavy atom. The van der Waals surface area contributed by atoms with Crippen LogP contribution in [0.15, 0.2) is 42.0 Å². The van der Waals surface area contributed by atoms with Gasteiger partial charge in [0.25, 0.3) is 0 Å². The lowest BCUT2D eigenvalue weighted by atomic mass is 10.1. The summed E-state index contributed by atoms with van der Waals surface area (Å²) in [5.41, 5.74) is 2.32. The van der Waals surface area contributed by atoms with Crippen LogP contribution in [-0.2, 0) is 6.42 Å². The fourth-order valence-electron chi connectivity index (χ4n) is 1.11. The number of allylic oxidation sites excluding steroid dienone is 1. The standard InChI is InChI=1S/C11H14O/c1-2-10(9-12)8-11-6-4-3-5-7-11/h2-7,12H,8-9H2,1H3/b10-2-.